The molecule has 0 heterocycles. The molecule has 0 N–H and O–H groups in total. The highest BCUT2D eigenvalue weighted by molar-refractivity contribution is 6.09. The number of non-ortho nitro benzene ring substituents is 1. The molecule has 0 bridgehead atoms. The Morgan fingerprint density at radius 1 is 0.788 bits per heavy atom. The van der Waals surface area contributed by atoms with Crippen LogP contribution in [-0.4, -0.2) is 16.5 Å². The predicted molar refractivity (Wildman–Crippen MR) is 129 cm³/mol. The quantitative estimate of drug-likeness (QED) is 0.216. The summed E-state index contributed by atoms with van der Waals surface area (Å²) in [7, 11) is 0. The van der Waals surface area contributed by atoms with E-state index < -0.39 is 4.92 Å². The van der Waals surface area contributed by atoms with Crippen LogP contribution in [0, 0.1) is 10.1 Å². The molecule has 33 heavy (non-hydrogen) atoms. The first-order valence-corrected chi connectivity index (χ1v) is 11.4. The fourth-order valence-corrected chi connectivity index (χ4v) is 5.27. The second-order valence-corrected chi connectivity index (χ2v) is 8.79. The van der Waals surface area contributed by atoms with Crippen LogP contribution in [0.3, 0.4) is 0 Å². The zero-order chi connectivity index (χ0) is 23.8. The van der Waals surface area contributed by atoms with Crippen LogP contribution in [0.5, 0.6) is 0 Å². The summed E-state index contributed by atoms with van der Waals surface area (Å²) in [5.41, 5.74) is 5.97. The summed E-state index contributed by atoms with van der Waals surface area (Å²) in [6, 6.07) is 17.5. The van der Waals surface area contributed by atoms with Crippen LogP contribution in [-0.2, 0) is 5.41 Å². The van der Waals surface area contributed by atoms with Gasteiger partial charge in [0, 0.05) is 34.2 Å². The number of rotatable bonds is 8. The predicted octanol–water partition coefficient (Wildman–Crippen LogP) is 6.90. The highest BCUT2D eigenvalue weighted by atomic mass is 16.6. The minimum absolute atomic E-state index is 0.0397. The van der Waals surface area contributed by atoms with E-state index >= 15 is 0 Å². The number of nitro benzene ring substituents is 1. The molecule has 3 aromatic rings. The van der Waals surface area contributed by atoms with Crippen LogP contribution < -0.4 is 0 Å². The largest absolute Gasteiger partial charge is 0.295 e. The van der Waals surface area contributed by atoms with E-state index in [1.54, 1.807) is 6.92 Å². The topological polar surface area (TPSA) is 77.3 Å². The molecule has 3 aromatic carbocycles. The summed E-state index contributed by atoms with van der Waals surface area (Å²) in [5, 5.41) is 10.9. The third kappa shape index (κ3) is 3.78. The number of nitro groups is 1. The van der Waals surface area contributed by atoms with Gasteiger partial charge in [0.05, 0.1) is 4.92 Å². The Hall–Kier alpha value is -3.60. The number of Topliss-reactive ketones (excluding diaryl/α,β-unsaturated/α-hetero) is 1. The number of benzene rings is 3. The first-order chi connectivity index (χ1) is 15.8. The number of carbonyl (C=O) groups is 2. The van der Waals surface area contributed by atoms with Crippen LogP contribution >= 0.6 is 0 Å². The molecule has 0 aromatic heterocycles. The van der Waals surface area contributed by atoms with E-state index in [1.807, 2.05) is 36.4 Å². The van der Waals surface area contributed by atoms with Gasteiger partial charge in [-0.1, -0.05) is 51.0 Å². The summed E-state index contributed by atoms with van der Waals surface area (Å²) in [6.07, 6.45) is 3.81. The van der Waals surface area contributed by atoms with Crippen molar-refractivity contribution in [2.24, 2.45) is 0 Å². The second kappa shape index (κ2) is 8.74. The molecule has 4 rings (SSSR count). The lowest BCUT2D eigenvalue weighted by atomic mass is 9.71. The maximum atomic E-state index is 13.3. The fourth-order valence-electron chi connectivity index (χ4n) is 5.27. The molecule has 5 nitrogen and oxygen atoms in total. The van der Waals surface area contributed by atoms with Crippen LogP contribution in [0.15, 0.2) is 60.7 Å². The van der Waals surface area contributed by atoms with Crippen LogP contribution in [0.25, 0.3) is 11.1 Å². The lowest BCUT2D eigenvalue weighted by molar-refractivity contribution is -0.384. The molecule has 168 valence electrons. The third-order valence-corrected chi connectivity index (χ3v) is 6.72. The summed E-state index contributed by atoms with van der Waals surface area (Å²) in [6.45, 7) is 5.91. The minimum atomic E-state index is -0.472. The smallest absolute Gasteiger partial charge is 0.269 e. The van der Waals surface area contributed by atoms with Crippen molar-refractivity contribution >= 4 is 17.3 Å². The van der Waals surface area contributed by atoms with E-state index in [9.17, 15) is 19.7 Å². The van der Waals surface area contributed by atoms with E-state index in [-0.39, 0.29) is 22.7 Å². The van der Waals surface area contributed by atoms with Crippen molar-refractivity contribution in [1.82, 2.24) is 0 Å². The normalized spacial score (nSPS) is 13.3. The number of fused-ring (bicyclic) bond motifs is 3. The molecular weight excluding hydrogens is 414 g/mol. The highest BCUT2D eigenvalue weighted by Gasteiger charge is 2.42. The summed E-state index contributed by atoms with van der Waals surface area (Å²) < 4.78 is 0. The Bertz CT molecular complexity index is 1250. The lowest BCUT2D eigenvalue weighted by Crippen LogP contribution is -2.25. The molecule has 1 aliphatic carbocycles. The first-order valence-electron chi connectivity index (χ1n) is 11.4. The van der Waals surface area contributed by atoms with E-state index in [4.69, 9.17) is 0 Å². The highest BCUT2D eigenvalue weighted by Crippen LogP contribution is 2.54. The van der Waals surface area contributed by atoms with Crippen molar-refractivity contribution in [3.05, 3.63) is 98.6 Å². The average molecular weight is 442 g/mol. The Morgan fingerprint density at radius 3 is 1.76 bits per heavy atom. The van der Waals surface area contributed by atoms with Crippen LogP contribution in [0.4, 0.5) is 5.69 Å². The van der Waals surface area contributed by atoms with Gasteiger partial charge in [0.2, 0.25) is 0 Å². The Balaban J connectivity index is 1.85. The molecule has 0 saturated heterocycles. The average Bonchev–Trinajstić information content (AvgIpc) is 3.08. The monoisotopic (exact) mass is 441 g/mol. The van der Waals surface area contributed by atoms with Gasteiger partial charge in [-0.05, 0) is 66.3 Å². The van der Waals surface area contributed by atoms with Crippen molar-refractivity contribution in [2.75, 3.05) is 0 Å². The van der Waals surface area contributed by atoms with Crippen molar-refractivity contribution in [2.45, 2.75) is 51.9 Å². The molecule has 0 radical (unpaired) electrons. The van der Waals surface area contributed by atoms with Gasteiger partial charge in [-0.3, -0.25) is 19.7 Å². The SMILES string of the molecule is CCCC1(CCC)c2cc(C(C)=O)ccc2-c2ccc(C(=O)c3ccc([N+](=O)[O-])cc3)cc21. The number of nitrogens with zero attached hydrogens (tertiary/aromatic N) is 1. The molecule has 0 aliphatic heterocycles. The maximum Gasteiger partial charge on any atom is 0.269 e. The third-order valence-electron chi connectivity index (χ3n) is 6.72. The van der Waals surface area contributed by atoms with Crippen molar-refractivity contribution in [1.29, 1.82) is 0 Å². The van der Waals surface area contributed by atoms with Gasteiger partial charge in [-0.25, -0.2) is 0 Å². The van der Waals surface area contributed by atoms with Crippen LogP contribution in [0.2, 0.25) is 0 Å². The van der Waals surface area contributed by atoms with Crippen molar-refractivity contribution < 1.29 is 14.5 Å². The molecule has 0 saturated carbocycles. The second-order valence-electron chi connectivity index (χ2n) is 8.79. The molecule has 0 amide bonds. The van der Waals surface area contributed by atoms with Gasteiger partial charge in [0.15, 0.2) is 11.6 Å². The van der Waals surface area contributed by atoms with Gasteiger partial charge >= 0.3 is 0 Å². The van der Waals surface area contributed by atoms with Gasteiger partial charge in [0.1, 0.15) is 0 Å². The Morgan fingerprint density at radius 2 is 1.27 bits per heavy atom. The molecule has 0 unspecified atom stereocenters. The molecule has 0 atom stereocenters. The van der Waals surface area contributed by atoms with Crippen molar-refractivity contribution in [3.63, 3.8) is 0 Å². The number of hydrogen-bond donors (Lipinski definition) is 0. The number of ketones is 2. The van der Waals surface area contributed by atoms with Gasteiger partial charge in [0.25, 0.3) is 5.69 Å². The van der Waals surface area contributed by atoms with E-state index in [1.165, 1.54) is 29.8 Å². The molecular formula is C28H27NO4. The van der Waals surface area contributed by atoms with Crippen LogP contribution in [0.1, 0.15) is 83.9 Å². The fraction of sp³-hybridized carbons (Fsp3) is 0.286. The van der Waals surface area contributed by atoms with Gasteiger partial charge in [-0.15, -0.1) is 0 Å². The zero-order valence-electron chi connectivity index (χ0n) is 19.2. The molecule has 0 spiro atoms. The lowest BCUT2D eigenvalue weighted by Gasteiger charge is -2.32. The molecule has 5 heteroatoms. The molecule has 1 aliphatic rings. The van der Waals surface area contributed by atoms with E-state index in [2.05, 4.69) is 13.8 Å². The number of hydrogen-bond acceptors (Lipinski definition) is 4. The van der Waals surface area contributed by atoms with Gasteiger partial charge in [-0.2, -0.15) is 0 Å². The van der Waals surface area contributed by atoms with Crippen molar-refractivity contribution in [3.8, 4) is 11.1 Å². The van der Waals surface area contributed by atoms with E-state index in [0.717, 1.165) is 42.4 Å². The number of carbonyl (C=O) groups excluding carboxylic acids is 2. The van der Waals surface area contributed by atoms with E-state index in [0.29, 0.717) is 16.7 Å². The minimum Gasteiger partial charge on any atom is -0.295 e. The summed E-state index contributed by atoms with van der Waals surface area (Å²) in [5.74, 6) is -0.111. The van der Waals surface area contributed by atoms with Gasteiger partial charge < -0.3 is 0 Å². The Kier molecular flexibility index (Phi) is 5.98. The summed E-state index contributed by atoms with van der Waals surface area (Å²) in [4.78, 5) is 35.9. The first kappa shape index (κ1) is 22.6. The maximum absolute atomic E-state index is 13.3. The zero-order valence-corrected chi connectivity index (χ0v) is 19.2. The summed E-state index contributed by atoms with van der Waals surface area (Å²) >= 11 is 0. The Labute approximate surface area is 193 Å². The standard InChI is InChI=1S/C28H27NO4/c1-4-14-28(15-5-2)25-16-20(18(3)30)8-12-23(25)24-13-9-21(17-26(24)28)27(31)19-6-10-22(11-7-19)29(32)33/h6-13,16-17H,4-5,14-15H2,1-3H3. The molecule has 0 fully saturated rings.